The lowest BCUT2D eigenvalue weighted by molar-refractivity contribution is 0.0398. The molecule has 1 aromatic rings. The summed E-state index contributed by atoms with van der Waals surface area (Å²) in [6, 6.07) is 0. The molecule has 104 valence electrons. The van der Waals surface area contributed by atoms with Crippen LogP contribution in [0.4, 0.5) is 0 Å². The highest BCUT2D eigenvalue weighted by Crippen LogP contribution is 2.58. The van der Waals surface area contributed by atoms with Gasteiger partial charge in [-0.1, -0.05) is 0 Å². The number of hydrogen-bond acceptors (Lipinski definition) is 5. The number of aryl methyl sites for hydroxylation is 1. The number of hydrogen-bond donors (Lipinski definition) is 0. The van der Waals surface area contributed by atoms with Gasteiger partial charge in [0, 0.05) is 13.5 Å². The molecule has 0 bridgehead atoms. The van der Waals surface area contributed by atoms with Crippen molar-refractivity contribution in [2.75, 3.05) is 6.54 Å². The van der Waals surface area contributed by atoms with E-state index in [-0.39, 0.29) is 5.25 Å². The molecule has 2 atom stereocenters. The number of aromatic nitrogens is 2. The summed E-state index contributed by atoms with van der Waals surface area (Å²) < 4.78 is 32.5. The van der Waals surface area contributed by atoms with Crippen LogP contribution >= 0.6 is 0 Å². The summed E-state index contributed by atoms with van der Waals surface area (Å²) in [5.41, 5.74) is -0.525. The van der Waals surface area contributed by atoms with Gasteiger partial charge in [0.05, 0.1) is 5.25 Å². The van der Waals surface area contributed by atoms with E-state index in [1.165, 1.54) is 0 Å². The summed E-state index contributed by atoms with van der Waals surface area (Å²) in [5.74, 6) is 1.36. The highest BCUT2D eigenvalue weighted by atomic mass is 32.2. The van der Waals surface area contributed by atoms with Crippen molar-refractivity contribution in [3.05, 3.63) is 11.8 Å². The molecule has 0 radical (unpaired) electrons. The minimum absolute atomic E-state index is 0.173. The highest BCUT2D eigenvalue weighted by molar-refractivity contribution is 7.90. The Morgan fingerprint density at radius 2 is 2.05 bits per heavy atom. The van der Waals surface area contributed by atoms with Crippen LogP contribution in [0.5, 0.6) is 0 Å². The molecule has 0 N–H and O–H groups in total. The van der Waals surface area contributed by atoms with Gasteiger partial charge in [0.25, 0.3) is 0 Å². The van der Waals surface area contributed by atoms with Crippen molar-refractivity contribution in [3.8, 4) is 0 Å². The van der Waals surface area contributed by atoms with Crippen LogP contribution in [0.15, 0.2) is 4.42 Å². The zero-order valence-corrected chi connectivity index (χ0v) is 11.7. The Kier molecular flexibility index (Phi) is 2.23. The summed E-state index contributed by atoms with van der Waals surface area (Å²) in [5, 5.41) is 7.83. The number of sulfonamides is 1. The summed E-state index contributed by atoms with van der Waals surface area (Å²) >= 11 is 0. The second-order valence-corrected chi connectivity index (χ2v) is 8.03. The van der Waals surface area contributed by atoms with Gasteiger partial charge in [-0.3, -0.25) is 0 Å². The topological polar surface area (TPSA) is 76.3 Å². The van der Waals surface area contributed by atoms with Gasteiger partial charge in [0.2, 0.25) is 21.8 Å². The van der Waals surface area contributed by atoms with Gasteiger partial charge in [0.1, 0.15) is 5.54 Å². The normalized spacial score (nSPS) is 35.1. The molecule has 1 aromatic heterocycles. The Labute approximate surface area is 112 Å². The van der Waals surface area contributed by atoms with Crippen molar-refractivity contribution in [1.82, 2.24) is 14.5 Å². The van der Waals surface area contributed by atoms with Crippen molar-refractivity contribution in [2.45, 2.75) is 49.8 Å². The van der Waals surface area contributed by atoms with E-state index in [9.17, 15) is 8.42 Å². The SMILES string of the molecule is Cc1nnc([C@]23CC[C@H]2CCN3S(=O)(=O)C2CC2)o1. The van der Waals surface area contributed by atoms with Crippen LogP contribution < -0.4 is 0 Å². The second-order valence-electron chi connectivity index (χ2n) is 5.89. The maximum absolute atomic E-state index is 12.6. The van der Waals surface area contributed by atoms with Gasteiger partial charge >= 0.3 is 0 Å². The molecule has 0 amide bonds. The Bertz CT molecular complexity index is 622. The van der Waals surface area contributed by atoms with Crippen molar-refractivity contribution in [2.24, 2.45) is 5.92 Å². The summed E-state index contributed by atoms with van der Waals surface area (Å²) in [7, 11) is -3.19. The van der Waals surface area contributed by atoms with E-state index in [1.807, 2.05) is 0 Å². The first-order chi connectivity index (χ1) is 9.05. The smallest absolute Gasteiger partial charge is 0.238 e. The Morgan fingerprint density at radius 1 is 1.26 bits per heavy atom. The highest BCUT2D eigenvalue weighted by Gasteiger charge is 2.64. The molecule has 2 aliphatic carbocycles. The van der Waals surface area contributed by atoms with E-state index in [0.29, 0.717) is 24.2 Å². The van der Waals surface area contributed by atoms with Gasteiger partial charge in [-0.15, -0.1) is 10.2 Å². The second kappa shape index (κ2) is 3.58. The van der Waals surface area contributed by atoms with E-state index in [1.54, 1.807) is 11.2 Å². The molecular weight excluding hydrogens is 266 g/mol. The average Bonchev–Trinajstić information content (AvgIpc) is 3.06. The van der Waals surface area contributed by atoms with E-state index < -0.39 is 15.6 Å². The fourth-order valence-electron chi connectivity index (χ4n) is 3.57. The van der Waals surface area contributed by atoms with Crippen LogP contribution in [0, 0.1) is 12.8 Å². The molecule has 2 heterocycles. The van der Waals surface area contributed by atoms with Crippen LogP contribution in [0.3, 0.4) is 0 Å². The van der Waals surface area contributed by atoms with Crippen molar-refractivity contribution < 1.29 is 12.8 Å². The zero-order chi connectivity index (χ0) is 13.3. The van der Waals surface area contributed by atoms with Gasteiger partial charge in [-0.2, -0.15) is 4.31 Å². The maximum atomic E-state index is 12.6. The minimum Gasteiger partial charge on any atom is -0.424 e. The fraction of sp³-hybridized carbons (Fsp3) is 0.833. The van der Waals surface area contributed by atoms with E-state index in [2.05, 4.69) is 10.2 Å². The molecule has 0 unspecified atom stereocenters. The lowest BCUT2D eigenvalue weighted by atomic mass is 9.68. The van der Waals surface area contributed by atoms with Gasteiger partial charge in [0.15, 0.2) is 0 Å². The molecular formula is C12H17N3O3S. The standard InChI is InChI=1S/C12H17N3O3S/c1-8-13-14-11(18-8)12-6-4-9(12)5-7-15(12)19(16,17)10-2-3-10/h9-10H,2-7H2,1H3/t9-,12-/m0/s1. The monoisotopic (exact) mass is 283 g/mol. The van der Waals surface area contributed by atoms with E-state index in [0.717, 1.165) is 32.1 Å². The first-order valence-electron chi connectivity index (χ1n) is 6.87. The third kappa shape index (κ3) is 1.43. The molecule has 0 spiro atoms. The lowest BCUT2D eigenvalue weighted by Crippen LogP contribution is -2.54. The third-order valence-corrected chi connectivity index (χ3v) is 7.26. The fourth-order valence-corrected chi connectivity index (χ4v) is 5.79. The Balaban J connectivity index is 1.79. The van der Waals surface area contributed by atoms with Gasteiger partial charge in [-0.25, -0.2) is 8.42 Å². The van der Waals surface area contributed by atoms with Crippen LogP contribution in [0.1, 0.15) is 43.9 Å². The first kappa shape index (κ1) is 11.8. The number of fused-ring (bicyclic) bond motifs is 1. The first-order valence-corrected chi connectivity index (χ1v) is 8.38. The molecule has 19 heavy (non-hydrogen) atoms. The summed E-state index contributed by atoms with van der Waals surface area (Å²) in [4.78, 5) is 0. The molecule has 2 saturated carbocycles. The minimum atomic E-state index is -3.19. The molecule has 3 fully saturated rings. The molecule has 4 rings (SSSR count). The molecule has 3 aliphatic rings. The van der Waals surface area contributed by atoms with Crippen molar-refractivity contribution in [3.63, 3.8) is 0 Å². The maximum Gasteiger partial charge on any atom is 0.238 e. The molecule has 7 heteroatoms. The van der Waals surface area contributed by atoms with Crippen LogP contribution in [0.25, 0.3) is 0 Å². The van der Waals surface area contributed by atoms with Crippen LogP contribution in [-0.2, 0) is 15.6 Å². The van der Waals surface area contributed by atoms with Gasteiger partial charge in [-0.05, 0) is 38.0 Å². The largest absolute Gasteiger partial charge is 0.424 e. The Hall–Kier alpha value is -0.950. The van der Waals surface area contributed by atoms with Crippen LogP contribution in [0.2, 0.25) is 0 Å². The van der Waals surface area contributed by atoms with Crippen molar-refractivity contribution >= 4 is 10.0 Å². The van der Waals surface area contributed by atoms with Gasteiger partial charge < -0.3 is 4.42 Å². The molecule has 0 aromatic carbocycles. The molecule has 1 saturated heterocycles. The predicted octanol–water partition coefficient (Wildman–Crippen LogP) is 1.18. The lowest BCUT2D eigenvalue weighted by Gasteiger charge is -2.46. The average molecular weight is 283 g/mol. The zero-order valence-electron chi connectivity index (χ0n) is 10.9. The van der Waals surface area contributed by atoms with E-state index in [4.69, 9.17) is 4.42 Å². The number of nitrogens with zero attached hydrogens (tertiary/aromatic N) is 3. The summed E-state index contributed by atoms with van der Waals surface area (Å²) in [6.45, 7) is 2.35. The quantitative estimate of drug-likeness (QED) is 0.832. The third-order valence-electron chi connectivity index (χ3n) is 4.82. The number of rotatable bonds is 3. The predicted molar refractivity (Wildman–Crippen MR) is 66.7 cm³/mol. The van der Waals surface area contributed by atoms with E-state index >= 15 is 0 Å². The van der Waals surface area contributed by atoms with Crippen molar-refractivity contribution in [1.29, 1.82) is 0 Å². The molecule has 1 aliphatic heterocycles. The van der Waals surface area contributed by atoms with Crippen LogP contribution in [-0.4, -0.2) is 34.7 Å². The summed E-state index contributed by atoms with van der Waals surface area (Å²) in [6.07, 6.45) is 4.36. The Morgan fingerprint density at radius 3 is 2.58 bits per heavy atom. The molecule has 6 nitrogen and oxygen atoms in total.